The topological polar surface area (TPSA) is 23.5 Å². The lowest BCUT2D eigenvalue weighted by Crippen LogP contribution is -2.40. The second-order valence-corrected chi connectivity index (χ2v) is 3.88. The molecule has 0 atom stereocenters. The molecule has 0 radical (unpaired) electrons. The van der Waals surface area contributed by atoms with E-state index in [1.807, 2.05) is 0 Å². The van der Waals surface area contributed by atoms with Crippen LogP contribution in [0.4, 0.5) is 0 Å². The average Bonchev–Trinajstić information content (AvgIpc) is 2.11. The smallest absolute Gasteiger partial charge is 0.0443 e. The van der Waals surface area contributed by atoms with Crippen molar-refractivity contribution in [2.75, 3.05) is 13.2 Å². The standard InChI is InChI=1S/C11H25NO/c1-5-11(6-2)12(10(3)4)8-7-9-13/h10-11,13H,5-9H2,1-4H3. The fourth-order valence-electron chi connectivity index (χ4n) is 1.87. The third kappa shape index (κ3) is 4.63. The summed E-state index contributed by atoms with van der Waals surface area (Å²) in [5.41, 5.74) is 0. The Morgan fingerprint density at radius 1 is 1.15 bits per heavy atom. The maximum atomic E-state index is 8.80. The monoisotopic (exact) mass is 187 g/mol. The lowest BCUT2D eigenvalue weighted by atomic mass is 10.1. The van der Waals surface area contributed by atoms with Crippen molar-refractivity contribution in [3.63, 3.8) is 0 Å². The van der Waals surface area contributed by atoms with Gasteiger partial charge < -0.3 is 5.11 Å². The van der Waals surface area contributed by atoms with E-state index in [-0.39, 0.29) is 0 Å². The first-order chi connectivity index (χ1) is 6.17. The molecule has 2 nitrogen and oxygen atoms in total. The number of hydrogen-bond acceptors (Lipinski definition) is 2. The molecule has 2 heteroatoms. The average molecular weight is 187 g/mol. The van der Waals surface area contributed by atoms with Crippen LogP contribution in [-0.4, -0.2) is 35.2 Å². The molecule has 0 amide bonds. The second kappa shape index (κ2) is 7.34. The van der Waals surface area contributed by atoms with Crippen molar-refractivity contribution in [3.8, 4) is 0 Å². The minimum Gasteiger partial charge on any atom is -0.396 e. The summed E-state index contributed by atoms with van der Waals surface area (Å²) in [6.45, 7) is 10.3. The third-order valence-electron chi connectivity index (χ3n) is 2.65. The third-order valence-corrected chi connectivity index (χ3v) is 2.65. The Kier molecular flexibility index (Phi) is 7.29. The SMILES string of the molecule is CCC(CC)N(CCCO)C(C)C. The molecule has 0 aliphatic rings. The maximum absolute atomic E-state index is 8.80. The van der Waals surface area contributed by atoms with E-state index in [9.17, 15) is 0 Å². The van der Waals surface area contributed by atoms with Gasteiger partial charge in [0.15, 0.2) is 0 Å². The Bertz CT molecular complexity index is 111. The van der Waals surface area contributed by atoms with Crippen LogP contribution in [0.1, 0.15) is 47.0 Å². The molecular formula is C11H25NO. The Labute approximate surface area is 82.9 Å². The van der Waals surface area contributed by atoms with E-state index in [0.717, 1.165) is 13.0 Å². The zero-order chi connectivity index (χ0) is 10.3. The highest BCUT2D eigenvalue weighted by molar-refractivity contribution is 4.72. The summed E-state index contributed by atoms with van der Waals surface area (Å²) in [4.78, 5) is 2.50. The number of aliphatic hydroxyl groups excluding tert-OH is 1. The molecule has 0 fully saturated rings. The van der Waals surface area contributed by atoms with Crippen LogP contribution in [0.3, 0.4) is 0 Å². The summed E-state index contributed by atoms with van der Waals surface area (Å²) in [6, 6.07) is 1.28. The van der Waals surface area contributed by atoms with Crippen LogP contribution >= 0.6 is 0 Å². The van der Waals surface area contributed by atoms with Gasteiger partial charge in [-0.05, 0) is 33.1 Å². The van der Waals surface area contributed by atoms with Crippen molar-refractivity contribution in [3.05, 3.63) is 0 Å². The van der Waals surface area contributed by atoms with Gasteiger partial charge in [0, 0.05) is 25.2 Å². The summed E-state index contributed by atoms with van der Waals surface area (Å²) in [6.07, 6.45) is 3.31. The molecule has 0 aromatic rings. The van der Waals surface area contributed by atoms with Crippen molar-refractivity contribution < 1.29 is 5.11 Å². The molecule has 13 heavy (non-hydrogen) atoms. The fraction of sp³-hybridized carbons (Fsp3) is 1.00. The molecule has 1 N–H and O–H groups in total. The molecule has 0 saturated carbocycles. The number of hydrogen-bond donors (Lipinski definition) is 1. The summed E-state index contributed by atoms with van der Waals surface area (Å²) in [7, 11) is 0. The van der Waals surface area contributed by atoms with Crippen molar-refractivity contribution in [1.29, 1.82) is 0 Å². The Hall–Kier alpha value is -0.0800. The van der Waals surface area contributed by atoms with Gasteiger partial charge in [0.1, 0.15) is 0 Å². The first-order valence-electron chi connectivity index (χ1n) is 5.53. The Morgan fingerprint density at radius 2 is 1.69 bits per heavy atom. The van der Waals surface area contributed by atoms with Gasteiger partial charge in [-0.3, -0.25) is 4.90 Å². The Balaban J connectivity index is 4.04. The summed E-state index contributed by atoms with van der Waals surface area (Å²) < 4.78 is 0. The molecule has 0 heterocycles. The highest BCUT2D eigenvalue weighted by atomic mass is 16.3. The van der Waals surface area contributed by atoms with Crippen LogP contribution in [0.5, 0.6) is 0 Å². The van der Waals surface area contributed by atoms with Gasteiger partial charge in [-0.15, -0.1) is 0 Å². The highest BCUT2D eigenvalue weighted by Crippen LogP contribution is 2.12. The molecule has 0 saturated heterocycles. The van der Waals surface area contributed by atoms with Gasteiger partial charge in [-0.2, -0.15) is 0 Å². The first kappa shape index (κ1) is 12.9. The van der Waals surface area contributed by atoms with E-state index < -0.39 is 0 Å². The van der Waals surface area contributed by atoms with Crippen molar-refractivity contribution in [2.24, 2.45) is 0 Å². The highest BCUT2D eigenvalue weighted by Gasteiger charge is 2.16. The summed E-state index contributed by atoms with van der Waals surface area (Å²) >= 11 is 0. The zero-order valence-corrected chi connectivity index (χ0v) is 9.58. The van der Waals surface area contributed by atoms with Crippen molar-refractivity contribution >= 4 is 0 Å². The van der Waals surface area contributed by atoms with Gasteiger partial charge in [0.2, 0.25) is 0 Å². The van der Waals surface area contributed by atoms with E-state index >= 15 is 0 Å². The van der Waals surface area contributed by atoms with E-state index in [1.54, 1.807) is 0 Å². The lowest BCUT2D eigenvalue weighted by molar-refractivity contribution is 0.130. The van der Waals surface area contributed by atoms with E-state index in [1.165, 1.54) is 12.8 Å². The molecule has 0 rings (SSSR count). The number of rotatable bonds is 7. The van der Waals surface area contributed by atoms with Crippen LogP contribution in [-0.2, 0) is 0 Å². The minimum atomic E-state index is 0.309. The van der Waals surface area contributed by atoms with Crippen LogP contribution in [0, 0.1) is 0 Å². The zero-order valence-electron chi connectivity index (χ0n) is 9.58. The molecule has 0 unspecified atom stereocenters. The van der Waals surface area contributed by atoms with Gasteiger partial charge in [0.05, 0.1) is 0 Å². The lowest BCUT2D eigenvalue weighted by Gasteiger charge is -2.33. The second-order valence-electron chi connectivity index (χ2n) is 3.88. The van der Waals surface area contributed by atoms with E-state index in [2.05, 4.69) is 32.6 Å². The molecule has 0 spiro atoms. The fourth-order valence-corrected chi connectivity index (χ4v) is 1.87. The van der Waals surface area contributed by atoms with Crippen LogP contribution in [0.15, 0.2) is 0 Å². The van der Waals surface area contributed by atoms with Gasteiger partial charge in [-0.25, -0.2) is 0 Å². The van der Waals surface area contributed by atoms with E-state index in [4.69, 9.17) is 5.11 Å². The van der Waals surface area contributed by atoms with Crippen molar-refractivity contribution in [2.45, 2.75) is 59.0 Å². The van der Waals surface area contributed by atoms with Crippen molar-refractivity contribution in [1.82, 2.24) is 4.90 Å². The van der Waals surface area contributed by atoms with Crippen LogP contribution < -0.4 is 0 Å². The van der Waals surface area contributed by atoms with Crippen LogP contribution in [0.2, 0.25) is 0 Å². The Morgan fingerprint density at radius 3 is 2.00 bits per heavy atom. The summed E-state index contributed by atoms with van der Waals surface area (Å²) in [5.74, 6) is 0. The molecule has 80 valence electrons. The molecule has 0 aromatic heterocycles. The first-order valence-corrected chi connectivity index (χ1v) is 5.53. The molecule has 0 bridgehead atoms. The molecule has 0 aliphatic carbocycles. The predicted octanol–water partition coefficient (Wildman–Crippen LogP) is 2.27. The molecule has 0 aromatic carbocycles. The largest absolute Gasteiger partial charge is 0.396 e. The van der Waals surface area contributed by atoms with Gasteiger partial charge in [-0.1, -0.05) is 13.8 Å². The van der Waals surface area contributed by atoms with Gasteiger partial charge >= 0.3 is 0 Å². The quantitative estimate of drug-likeness (QED) is 0.661. The number of nitrogens with zero attached hydrogens (tertiary/aromatic N) is 1. The molecule has 0 aliphatic heterocycles. The summed E-state index contributed by atoms with van der Waals surface area (Å²) in [5, 5.41) is 8.80. The minimum absolute atomic E-state index is 0.309. The van der Waals surface area contributed by atoms with Crippen LogP contribution in [0.25, 0.3) is 0 Å². The predicted molar refractivity (Wildman–Crippen MR) is 57.9 cm³/mol. The normalized spacial score (nSPS) is 12.0. The van der Waals surface area contributed by atoms with E-state index in [0.29, 0.717) is 18.7 Å². The maximum Gasteiger partial charge on any atom is 0.0443 e. The van der Waals surface area contributed by atoms with Gasteiger partial charge in [0.25, 0.3) is 0 Å². The number of aliphatic hydroxyl groups is 1. The molecular weight excluding hydrogens is 162 g/mol.